The molecule has 2 N–H and O–H groups in total. The number of benzene rings is 2. The Morgan fingerprint density at radius 3 is 2.52 bits per heavy atom. The van der Waals surface area contributed by atoms with E-state index in [1.54, 1.807) is 24.3 Å². The molecule has 0 unspecified atom stereocenters. The average Bonchev–Trinajstić information content (AvgIpc) is 2.91. The van der Waals surface area contributed by atoms with Crippen molar-refractivity contribution in [2.75, 3.05) is 5.32 Å². The highest BCUT2D eigenvalue weighted by Gasteiger charge is 2.20. The van der Waals surface area contributed by atoms with Gasteiger partial charge in [0.1, 0.15) is 5.52 Å². The third-order valence-electron chi connectivity index (χ3n) is 3.10. The van der Waals surface area contributed by atoms with Gasteiger partial charge in [-0.3, -0.25) is 4.79 Å². The summed E-state index contributed by atoms with van der Waals surface area (Å²) in [5, 5.41) is 16.1. The van der Waals surface area contributed by atoms with E-state index in [4.69, 9.17) is 4.52 Å². The molecule has 1 heterocycles. The molecule has 3 aromatic rings. The highest BCUT2D eigenvalue weighted by atomic mass is 79.9. The molecule has 8 heteroatoms. The fourth-order valence-corrected chi connectivity index (χ4v) is 2.78. The van der Waals surface area contributed by atoms with E-state index in [-0.39, 0.29) is 17.0 Å². The molecule has 1 aromatic heterocycles. The van der Waals surface area contributed by atoms with Gasteiger partial charge in [-0.25, -0.2) is 4.79 Å². The number of carbonyl (C=O) groups is 2. The summed E-state index contributed by atoms with van der Waals surface area (Å²) in [5.41, 5.74) is 0.676. The molecule has 0 fully saturated rings. The first kappa shape index (κ1) is 15.7. The van der Waals surface area contributed by atoms with Crippen LogP contribution in [0.2, 0.25) is 0 Å². The lowest BCUT2D eigenvalue weighted by atomic mass is 10.1. The lowest BCUT2D eigenvalue weighted by Gasteiger charge is -2.07. The number of aromatic nitrogens is 1. The van der Waals surface area contributed by atoms with Gasteiger partial charge in [0.15, 0.2) is 0 Å². The molecule has 0 atom stereocenters. The van der Waals surface area contributed by atoms with Crippen LogP contribution in [0.25, 0.3) is 10.9 Å². The van der Waals surface area contributed by atoms with Crippen LogP contribution in [0.4, 0.5) is 5.69 Å². The van der Waals surface area contributed by atoms with Crippen LogP contribution in [0.3, 0.4) is 0 Å². The van der Waals surface area contributed by atoms with Crippen LogP contribution in [0.5, 0.6) is 0 Å². The molecule has 0 bridgehead atoms. The van der Waals surface area contributed by atoms with E-state index in [9.17, 15) is 14.7 Å². The minimum atomic E-state index is -1.15. The van der Waals surface area contributed by atoms with Crippen LogP contribution in [0, 0.1) is 0 Å². The smallest absolute Gasteiger partial charge is 0.337 e. The van der Waals surface area contributed by atoms with Crippen molar-refractivity contribution in [1.82, 2.24) is 5.16 Å². The zero-order valence-electron chi connectivity index (χ0n) is 11.3. The first-order valence-electron chi connectivity index (χ1n) is 6.35. The number of carboxylic acids is 1. The summed E-state index contributed by atoms with van der Waals surface area (Å²) in [6, 6.07) is 9.75. The monoisotopic (exact) mass is 438 g/mol. The highest BCUT2D eigenvalue weighted by molar-refractivity contribution is 9.10. The summed E-state index contributed by atoms with van der Waals surface area (Å²) in [6.07, 6.45) is 0. The van der Waals surface area contributed by atoms with Gasteiger partial charge in [0.05, 0.1) is 16.6 Å². The molecule has 0 aliphatic carbocycles. The fourth-order valence-electron chi connectivity index (χ4n) is 2.06. The number of halogens is 2. The maximum atomic E-state index is 12.4. The third-order valence-corrected chi connectivity index (χ3v) is 4.09. The zero-order valence-corrected chi connectivity index (χ0v) is 14.5. The molecule has 6 nitrogen and oxygen atoms in total. The quantitative estimate of drug-likeness (QED) is 0.634. The van der Waals surface area contributed by atoms with E-state index in [0.29, 0.717) is 15.4 Å². The third kappa shape index (κ3) is 3.13. The Balaban J connectivity index is 1.98. The Morgan fingerprint density at radius 1 is 1.09 bits per heavy atom. The molecule has 23 heavy (non-hydrogen) atoms. The van der Waals surface area contributed by atoms with Gasteiger partial charge < -0.3 is 14.9 Å². The lowest BCUT2D eigenvalue weighted by Crippen LogP contribution is -2.14. The summed E-state index contributed by atoms with van der Waals surface area (Å²) >= 11 is 6.52. The van der Waals surface area contributed by atoms with Crippen LogP contribution in [0.15, 0.2) is 49.9 Å². The van der Waals surface area contributed by atoms with Gasteiger partial charge in [0.25, 0.3) is 5.91 Å². The van der Waals surface area contributed by atoms with Gasteiger partial charge in [-0.2, -0.15) is 0 Å². The minimum absolute atomic E-state index is 0.0144. The SMILES string of the molecule is O=C(O)c1cc(Br)ccc1NC(=O)c1onc2ccc(Br)cc12. The van der Waals surface area contributed by atoms with Gasteiger partial charge in [-0.05, 0) is 36.4 Å². The van der Waals surface area contributed by atoms with Gasteiger partial charge in [0, 0.05) is 8.95 Å². The molecule has 0 spiro atoms. The molecule has 0 aliphatic rings. The number of hydrogen-bond donors (Lipinski definition) is 2. The number of fused-ring (bicyclic) bond motifs is 1. The Labute approximate surface area is 146 Å². The first-order chi connectivity index (χ1) is 11.0. The minimum Gasteiger partial charge on any atom is -0.478 e. The van der Waals surface area contributed by atoms with Crippen LogP contribution < -0.4 is 5.32 Å². The number of nitrogens with zero attached hydrogens (tertiary/aromatic N) is 1. The Morgan fingerprint density at radius 2 is 1.78 bits per heavy atom. The van der Waals surface area contributed by atoms with Crippen LogP contribution in [-0.4, -0.2) is 22.1 Å². The topological polar surface area (TPSA) is 92.4 Å². The number of anilines is 1. The van der Waals surface area contributed by atoms with Crippen molar-refractivity contribution in [2.45, 2.75) is 0 Å². The largest absolute Gasteiger partial charge is 0.478 e. The van der Waals surface area contributed by atoms with Gasteiger partial charge in [-0.1, -0.05) is 37.0 Å². The zero-order chi connectivity index (χ0) is 16.6. The van der Waals surface area contributed by atoms with Crippen molar-refractivity contribution in [3.8, 4) is 0 Å². The van der Waals surface area contributed by atoms with E-state index in [0.717, 1.165) is 4.47 Å². The Bertz CT molecular complexity index is 936. The van der Waals surface area contributed by atoms with Crippen molar-refractivity contribution < 1.29 is 19.2 Å². The number of nitrogens with one attached hydrogen (secondary N) is 1. The van der Waals surface area contributed by atoms with Crippen molar-refractivity contribution >= 4 is 60.3 Å². The van der Waals surface area contributed by atoms with E-state index < -0.39 is 11.9 Å². The van der Waals surface area contributed by atoms with E-state index in [2.05, 4.69) is 42.3 Å². The molecule has 0 radical (unpaired) electrons. The van der Waals surface area contributed by atoms with Crippen LogP contribution >= 0.6 is 31.9 Å². The number of carboxylic acid groups (broad SMARTS) is 1. The highest BCUT2D eigenvalue weighted by Crippen LogP contribution is 2.25. The van der Waals surface area contributed by atoms with Crippen LogP contribution in [0.1, 0.15) is 20.9 Å². The molecule has 1 amide bonds. The molecule has 0 saturated carbocycles. The molecular weight excluding hydrogens is 432 g/mol. The standard InChI is InChI=1S/C15H8Br2N2O4/c16-7-2-4-12-9(5-7)13(23-19-12)14(20)18-11-3-1-8(17)6-10(11)15(21)22/h1-6H,(H,18,20)(H,21,22). The van der Waals surface area contributed by atoms with E-state index >= 15 is 0 Å². The average molecular weight is 440 g/mol. The van der Waals surface area contributed by atoms with Crippen molar-refractivity contribution in [3.63, 3.8) is 0 Å². The summed E-state index contributed by atoms with van der Waals surface area (Å²) in [7, 11) is 0. The maximum absolute atomic E-state index is 12.4. The second-order valence-electron chi connectivity index (χ2n) is 4.62. The number of hydrogen-bond acceptors (Lipinski definition) is 4. The maximum Gasteiger partial charge on any atom is 0.337 e. The molecule has 0 saturated heterocycles. The van der Waals surface area contributed by atoms with Crippen molar-refractivity contribution in [2.24, 2.45) is 0 Å². The summed E-state index contributed by atoms with van der Waals surface area (Å²) < 4.78 is 6.46. The van der Waals surface area contributed by atoms with Crippen molar-refractivity contribution in [1.29, 1.82) is 0 Å². The molecule has 3 rings (SSSR count). The molecular formula is C15H8Br2N2O4. The predicted octanol–water partition coefficient (Wildman–Crippen LogP) is 4.30. The fraction of sp³-hybridized carbons (Fsp3) is 0. The predicted molar refractivity (Wildman–Crippen MR) is 90.8 cm³/mol. The van der Waals surface area contributed by atoms with E-state index in [1.807, 2.05) is 0 Å². The number of carbonyl (C=O) groups excluding carboxylic acids is 1. The number of rotatable bonds is 3. The second-order valence-corrected chi connectivity index (χ2v) is 6.45. The van der Waals surface area contributed by atoms with Gasteiger partial charge in [-0.15, -0.1) is 0 Å². The van der Waals surface area contributed by atoms with Crippen molar-refractivity contribution in [3.05, 3.63) is 56.7 Å². The normalized spacial score (nSPS) is 10.7. The van der Waals surface area contributed by atoms with Gasteiger partial charge >= 0.3 is 5.97 Å². The summed E-state index contributed by atoms with van der Waals surface area (Å²) in [5.74, 6) is -1.71. The molecule has 116 valence electrons. The number of amides is 1. The molecule has 0 aliphatic heterocycles. The van der Waals surface area contributed by atoms with Crippen LogP contribution in [-0.2, 0) is 0 Å². The Kier molecular flexibility index (Phi) is 4.18. The van der Waals surface area contributed by atoms with E-state index in [1.165, 1.54) is 12.1 Å². The van der Waals surface area contributed by atoms with Gasteiger partial charge in [0.2, 0.25) is 5.76 Å². The Hall–Kier alpha value is -2.19. The summed E-state index contributed by atoms with van der Waals surface area (Å²) in [6.45, 7) is 0. The molecule has 2 aromatic carbocycles. The lowest BCUT2D eigenvalue weighted by molar-refractivity contribution is 0.0698. The second kappa shape index (κ2) is 6.13. The summed E-state index contributed by atoms with van der Waals surface area (Å²) in [4.78, 5) is 23.7. The number of aromatic carboxylic acids is 1. The first-order valence-corrected chi connectivity index (χ1v) is 7.93.